The molecule has 0 radical (unpaired) electrons. The van der Waals surface area contributed by atoms with Crippen LogP contribution in [0.2, 0.25) is 5.02 Å². The van der Waals surface area contributed by atoms with Crippen LogP contribution in [0, 0.1) is 0 Å². The first kappa shape index (κ1) is 15.6. The van der Waals surface area contributed by atoms with Gasteiger partial charge >= 0.3 is 10.4 Å². The fourth-order valence-electron chi connectivity index (χ4n) is 1.64. The number of nitrogens with zero attached hydrogens (tertiary/aromatic N) is 3. The molecule has 8 nitrogen and oxygen atoms in total. The summed E-state index contributed by atoms with van der Waals surface area (Å²) in [6, 6.07) is 5.46. The molecule has 3 N–H and O–H groups in total. The third kappa shape index (κ3) is 4.33. The van der Waals surface area contributed by atoms with Crippen molar-refractivity contribution in [2.45, 2.75) is 13.3 Å². The summed E-state index contributed by atoms with van der Waals surface area (Å²) in [6.07, 6.45) is 0.842. The number of aryl methyl sites for hydroxylation is 1. The third-order valence-electron chi connectivity index (χ3n) is 2.45. The van der Waals surface area contributed by atoms with Crippen molar-refractivity contribution in [1.82, 2.24) is 19.9 Å². The molecule has 2 aromatic heterocycles. The fraction of sp³-hybridized carbons (Fsp3) is 0.182. The number of aromatic amines is 1. The summed E-state index contributed by atoms with van der Waals surface area (Å²) >= 11 is 5.91. The van der Waals surface area contributed by atoms with Gasteiger partial charge in [-0.15, -0.1) is 0 Å². The average molecular weight is 331 g/mol. The average Bonchev–Trinajstić information content (AvgIpc) is 2.75. The summed E-state index contributed by atoms with van der Waals surface area (Å²) in [4.78, 5) is 16.3. The molecule has 3 aromatic rings. The van der Waals surface area contributed by atoms with Gasteiger partial charge in [-0.2, -0.15) is 8.42 Å². The summed E-state index contributed by atoms with van der Waals surface area (Å²) < 4.78 is 31.6. The van der Waals surface area contributed by atoms with Crippen molar-refractivity contribution >= 4 is 44.3 Å². The molecule has 0 aliphatic rings. The molecule has 0 fully saturated rings. The SMILES string of the molecule is CCc1nc2nc3ccc(Cl)cc3nc2[nH]1.O=S(=O)(O)O. The van der Waals surface area contributed by atoms with Crippen LogP contribution in [-0.2, 0) is 16.8 Å². The molecule has 0 atom stereocenters. The smallest absolute Gasteiger partial charge is 0.325 e. The summed E-state index contributed by atoms with van der Waals surface area (Å²) in [7, 11) is -4.67. The Hall–Kier alpha value is -1.81. The van der Waals surface area contributed by atoms with Gasteiger partial charge in [0.15, 0.2) is 11.3 Å². The van der Waals surface area contributed by atoms with E-state index in [1.54, 1.807) is 12.1 Å². The Kier molecular flexibility index (Phi) is 4.37. The van der Waals surface area contributed by atoms with E-state index < -0.39 is 10.4 Å². The second-order valence-electron chi connectivity index (χ2n) is 4.01. The molecule has 21 heavy (non-hydrogen) atoms. The van der Waals surface area contributed by atoms with Crippen LogP contribution in [0.15, 0.2) is 18.2 Å². The number of rotatable bonds is 1. The molecule has 0 spiro atoms. The lowest BCUT2D eigenvalue weighted by Crippen LogP contribution is -1.89. The Morgan fingerprint density at radius 3 is 2.48 bits per heavy atom. The van der Waals surface area contributed by atoms with Gasteiger partial charge in [-0.1, -0.05) is 18.5 Å². The first-order chi connectivity index (χ1) is 9.76. The minimum absolute atomic E-state index is 0.659. The van der Waals surface area contributed by atoms with Gasteiger partial charge in [-0.05, 0) is 18.2 Å². The standard InChI is InChI=1S/C11H9ClN4.H2O4S/c1-2-9-15-10-11(16-9)14-8-5-6(12)3-4-7(8)13-10;1-5(2,3)4/h3-5H,2H2,1H3,(H,13,14,15,16);(H2,1,2,3,4). The summed E-state index contributed by atoms with van der Waals surface area (Å²) in [6.45, 7) is 2.04. The van der Waals surface area contributed by atoms with E-state index in [2.05, 4.69) is 19.9 Å². The predicted octanol–water partition coefficient (Wildman–Crippen LogP) is 2.07. The molecule has 112 valence electrons. The van der Waals surface area contributed by atoms with Gasteiger partial charge in [0.25, 0.3) is 0 Å². The van der Waals surface area contributed by atoms with Gasteiger partial charge in [-0.3, -0.25) is 9.11 Å². The topological polar surface area (TPSA) is 129 Å². The van der Waals surface area contributed by atoms with Gasteiger partial charge < -0.3 is 4.98 Å². The Morgan fingerprint density at radius 1 is 1.19 bits per heavy atom. The number of aromatic nitrogens is 4. The zero-order valence-electron chi connectivity index (χ0n) is 10.8. The highest BCUT2D eigenvalue weighted by Gasteiger charge is 2.06. The van der Waals surface area contributed by atoms with Crippen LogP contribution in [0.5, 0.6) is 0 Å². The zero-order valence-corrected chi connectivity index (χ0v) is 12.4. The highest BCUT2D eigenvalue weighted by Crippen LogP contribution is 2.18. The van der Waals surface area contributed by atoms with Gasteiger partial charge in [0.2, 0.25) is 0 Å². The van der Waals surface area contributed by atoms with Crippen molar-refractivity contribution in [3.63, 3.8) is 0 Å². The normalized spacial score (nSPS) is 11.4. The fourth-order valence-corrected chi connectivity index (χ4v) is 1.81. The number of hydrogen-bond donors (Lipinski definition) is 3. The number of fused-ring (bicyclic) bond motifs is 2. The van der Waals surface area contributed by atoms with Gasteiger partial charge in [-0.25, -0.2) is 15.0 Å². The van der Waals surface area contributed by atoms with Crippen LogP contribution in [-0.4, -0.2) is 37.5 Å². The van der Waals surface area contributed by atoms with Crippen molar-refractivity contribution in [3.05, 3.63) is 29.0 Å². The maximum atomic E-state index is 8.74. The zero-order chi connectivity index (χ0) is 15.6. The van der Waals surface area contributed by atoms with E-state index in [1.807, 2.05) is 13.0 Å². The number of hydrogen-bond acceptors (Lipinski definition) is 5. The van der Waals surface area contributed by atoms with Crippen molar-refractivity contribution in [3.8, 4) is 0 Å². The van der Waals surface area contributed by atoms with E-state index in [0.29, 0.717) is 16.3 Å². The molecule has 2 heterocycles. The van der Waals surface area contributed by atoms with Crippen LogP contribution in [0.25, 0.3) is 22.3 Å². The number of imidazole rings is 1. The predicted molar refractivity (Wildman–Crippen MR) is 77.8 cm³/mol. The van der Waals surface area contributed by atoms with Crippen LogP contribution < -0.4 is 0 Å². The summed E-state index contributed by atoms with van der Waals surface area (Å²) in [5.41, 5.74) is 2.97. The van der Waals surface area contributed by atoms with Gasteiger partial charge in [0.1, 0.15) is 5.82 Å². The second-order valence-corrected chi connectivity index (χ2v) is 5.35. The van der Waals surface area contributed by atoms with Crippen molar-refractivity contribution in [1.29, 1.82) is 0 Å². The highest BCUT2D eigenvalue weighted by atomic mass is 35.5. The molecule has 0 unspecified atom stereocenters. The van der Waals surface area contributed by atoms with Crippen LogP contribution in [0.1, 0.15) is 12.7 Å². The van der Waals surface area contributed by atoms with Crippen molar-refractivity contribution in [2.24, 2.45) is 0 Å². The summed E-state index contributed by atoms with van der Waals surface area (Å²) in [5, 5.41) is 0.663. The Balaban J connectivity index is 0.000000282. The molecule has 1 aromatic carbocycles. The van der Waals surface area contributed by atoms with E-state index >= 15 is 0 Å². The maximum Gasteiger partial charge on any atom is 0.394 e. The van der Waals surface area contributed by atoms with Crippen molar-refractivity contribution < 1.29 is 17.5 Å². The second kappa shape index (κ2) is 5.90. The molecule has 10 heteroatoms. The van der Waals surface area contributed by atoms with E-state index in [1.165, 1.54) is 0 Å². The van der Waals surface area contributed by atoms with Crippen LogP contribution in [0.4, 0.5) is 0 Å². The molecular weight excluding hydrogens is 320 g/mol. The lowest BCUT2D eigenvalue weighted by molar-refractivity contribution is 0.381. The maximum absolute atomic E-state index is 8.74. The lowest BCUT2D eigenvalue weighted by atomic mass is 10.3. The van der Waals surface area contributed by atoms with E-state index in [0.717, 1.165) is 23.3 Å². The molecular formula is C11H11ClN4O4S. The Morgan fingerprint density at radius 2 is 1.86 bits per heavy atom. The van der Waals surface area contributed by atoms with E-state index in [4.69, 9.17) is 29.1 Å². The van der Waals surface area contributed by atoms with Crippen LogP contribution in [0.3, 0.4) is 0 Å². The number of halogens is 1. The minimum atomic E-state index is -4.67. The number of nitrogens with one attached hydrogen (secondary N) is 1. The third-order valence-corrected chi connectivity index (χ3v) is 2.68. The molecule has 0 aliphatic heterocycles. The first-order valence-electron chi connectivity index (χ1n) is 5.78. The van der Waals surface area contributed by atoms with Crippen molar-refractivity contribution in [2.75, 3.05) is 0 Å². The number of benzene rings is 1. The van der Waals surface area contributed by atoms with Gasteiger partial charge in [0, 0.05) is 11.4 Å². The first-order valence-corrected chi connectivity index (χ1v) is 7.55. The van der Waals surface area contributed by atoms with E-state index in [-0.39, 0.29) is 0 Å². The number of H-pyrrole nitrogens is 1. The monoisotopic (exact) mass is 330 g/mol. The molecule has 0 aliphatic carbocycles. The lowest BCUT2D eigenvalue weighted by Gasteiger charge is -1.96. The molecule has 0 saturated carbocycles. The van der Waals surface area contributed by atoms with Gasteiger partial charge in [0.05, 0.1) is 11.0 Å². The summed E-state index contributed by atoms with van der Waals surface area (Å²) in [5.74, 6) is 0.899. The molecule has 0 bridgehead atoms. The Bertz CT molecular complexity index is 886. The molecule has 0 saturated heterocycles. The molecule has 3 rings (SSSR count). The highest BCUT2D eigenvalue weighted by molar-refractivity contribution is 7.79. The largest absolute Gasteiger partial charge is 0.394 e. The van der Waals surface area contributed by atoms with E-state index in [9.17, 15) is 0 Å². The quantitative estimate of drug-likeness (QED) is 0.582. The minimum Gasteiger partial charge on any atom is -0.325 e. The van der Waals surface area contributed by atoms with Crippen LogP contribution >= 0.6 is 11.6 Å². The Labute approximate surface area is 124 Å². The molecule has 0 amide bonds.